The molecular weight excluding hydrogens is 354 g/mol. The summed E-state index contributed by atoms with van der Waals surface area (Å²) in [6.45, 7) is 3.43. The molecule has 0 unspecified atom stereocenters. The van der Waals surface area contributed by atoms with E-state index in [9.17, 15) is 9.59 Å². The Morgan fingerprint density at radius 3 is 2.50 bits per heavy atom. The van der Waals surface area contributed by atoms with Crippen molar-refractivity contribution < 1.29 is 14.3 Å². The average molecular weight is 379 g/mol. The Kier molecular flexibility index (Phi) is 5.15. The maximum atomic E-state index is 12.9. The maximum absolute atomic E-state index is 12.9. The van der Waals surface area contributed by atoms with E-state index < -0.39 is 5.91 Å². The minimum Gasteiger partial charge on any atom is -0.381 e. The Hall–Kier alpha value is -2.70. The van der Waals surface area contributed by atoms with Gasteiger partial charge in [-0.2, -0.15) is 0 Å². The van der Waals surface area contributed by atoms with E-state index in [-0.39, 0.29) is 5.91 Å². The smallest absolute Gasteiger partial charge is 0.259 e. The first-order valence-corrected chi connectivity index (χ1v) is 9.64. The number of carbonyl (C=O) groups excluding carboxylic acids is 2. The largest absolute Gasteiger partial charge is 0.381 e. The van der Waals surface area contributed by atoms with Crippen molar-refractivity contribution in [3.63, 3.8) is 0 Å². The van der Waals surface area contributed by atoms with Crippen LogP contribution in [-0.2, 0) is 17.8 Å². The number of primary amides is 1. The molecule has 0 spiro atoms. The van der Waals surface area contributed by atoms with E-state index in [2.05, 4.69) is 17.0 Å². The zero-order chi connectivity index (χ0) is 19.7. The van der Waals surface area contributed by atoms with E-state index in [4.69, 9.17) is 10.5 Å². The molecule has 0 bridgehead atoms. The molecule has 2 aliphatic rings. The standard InChI is InChI=1S/C22H25N3O3/c1-28-18-9-11-24(12-10-18)13-15-5-7-17(8-6-15)25-14-16-3-2-4-19(21(23)26)20(16)22(25)27/h2-8,18H,9-14H2,1H3,(H2,23,26). The average Bonchev–Trinajstić information content (AvgIpc) is 3.06. The van der Waals surface area contributed by atoms with Gasteiger partial charge in [-0.15, -0.1) is 0 Å². The number of piperidine rings is 1. The van der Waals surface area contributed by atoms with Gasteiger partial charge in [0.1, 0.15) is 0 Å². The molecule has 1 saturated heterocycles. The monoisotopic (exact) mass is 379 g/mol. The Labute approximate surface area is 164 Å². The molecule has 2 aromatic rings. The van der Waals surface area contributed by atoms with Crippen molar-refractivity contribution in [2.24, 2.45) is 5.73 Å². The summed E-state index contributed by atoms with van der Waals surface area (Å²) in [7, 11) is 1.78. The second-order valence-electron chi connectivity index (χ2n) is 7.47. The molecule has 28 heavy (non-hydrogen) atoms. The number of hydrogen-bond donors (Lipinski definition) is 1. The van der Waals surface area contributed by atoms with E-state index in [0.29, 0.717) is 23.8 Å². The molecular formula is C22H25N3O3. The normalized spacial score (nSPS) is 17.8. The molecule has 6 nitrogen and oxygen atoms in total. The van der Waals surface area contributed by atoms with E-state index >= 15 is 0 Å². The molecule has 1 fully saturated rings. The lowest BCUT2D eigenvalue weighted by molar-refractivity contribution is 0.0388. The third kappa shape index (κ3) is 3.53. The van der Waals surface area contributed by atoms with Crippen LogP contribution in [0.2, 0.25) is 0 Å². The summed E-state index contributed by atoms with van der Waals surface area (Å²) in [5, 5.41) is 0. The van der Waals surface area contributed by atoms with Gasteiger partial charge in [0.2, 0.25) is 5.91 Å². The number of amides is 2. The van der Waals surface area contributed by atoms with Crippen molar-refractivity contribution in [3.8, 4) is 0 Å². The summed E-state index contributed by atoms with van der Waals surface area (Å²) in [6, 6.07) is 13.4. The van der Waals surface area contributed by atoms with Crippen LogP contribution in [0, 0.1) is 0 Å². The third-order valence-corrected chi connectivity index (χ3v) is 5.73. The van der Waals surface area contributed by atoms with Crippen LogP contribution in [0.25, 0.3) is 0 Å². The number of carbonyl (C=O) groups is 2. The highest BCUT2D eigenvalue weighted by Crippen LogP contribution is 2.30. The number of likely N-dealkylation sites (tertiary alicyclic amines) is 1. The van der Waals surface area contributed by atoms with Crippen molar-refractivity contribution in [3.05, 3.63) is 64.7 Å². The summed E-state index contributed by atoms with van der Waals surface area (Å²) in [6.07, 6.45) is 2.51. The van der Waals surface area contributed by atoms with Gasteiger partial charge in [0, 0.05) is 32.4 Å². The number of ether oxygens (including phenoxy) is 1. The first-order chi connectivity index (χ1) is 13.6. The summed E-state index contributed by atoms with van der Waals surface area (Å²) in [4.78, 5) is 28.7. The number of benzene rings is 2. The number of nitrogens with zero attached hydrogens (tertiary/aromatic N) is 2. The molecule has 2 aliphatic heterocycles. The minimum atomic E-state index is -0.570. The van der Waals surface area contributed by atoms with Crippen LogP contribution in [0.4, 0.5) is 5.69 Å². The lowest BCUT2D eigenvalue weighted by Crippen LogP contribution is -2.36. The fourth-order valence-corrected chi connectivity index (χ4v) is 4.12. The molecule has 2 amide bonds. The molecule has 2 N–H and O–H groups in total. The van der Waals surface area contributed by atoms with Gasteiger partial charge in [-0.3, -0.25) is 14.5 Å². The third-order valence-electron chi connectivity index (χ3n) is 5.73. The number of anilines is 1. The molecule has 6 heteroatoms. The fraction of sp³-hybridized carbons (Fsp3) is 0.364. The van der Waals surface area contributed by atoms with Crippen LogP contribution in [0.1, 0.15) is 44.7 Å². The lowest BCUT2D eigenvalue weighted by atomic mass is 10.0. The molecule has 2 aromatic carbocycles. The molecule has 0 aliphatic carbocycles. The number of fused-ring (bicyclic) bond motifs is 1. The highest BCUT2D eigenvalue weighted by Gasteiger charge is 2.32. The first-order valence-electron chi connectivity index (χ1n) is 9.64. The molecule has 0 radical (unpaired) electrons. The van der Waals surface area contributed by atoms with Crippen LogP contribution in [0.5, 0.6) is 0 Å². The number of rotatable bonds is 5. The van der Waals surface area contributed by atoms with E-state index in [1.807, 2.05) is 18.2 Å². The van der Waals surface area contributed by atoms with Crippen LogP contribution < -0.4 is 10.6 Å². The van der Waals surface area contributed by atoms with Gasteiger partial charge >= 0.3 is 0 Å². The van der Waals surface area contributed by atoms with E-state index in [1.54, 1.807) is 24.1 Å². The van der Waals surface area contributed by atoms with E-state index in [0.717, 1.165) is 43.7 Å². The number of nitrogens with two attached hydrogens (primary N) is 1. The molecule has 146 valence electrons. The Morgan fingerprint density at radius 1 is 1.14 bits per heavy atom. The van der Waals surface area contributed by atoms with Gasteiger partial charge in [-0.25, -0.2) is 0 Å². The topological polar surface area (TPSA) is 75.9 Å². The molecule has 0 saturated carbocycles. The van der Waals surface area contributed by atoms with Crippen molar-refractivity contribution >= 4 is 17.5 Å². The van der Waals surface area contributed by atoms with Crippen LogP contribution in [-0.4, -0.2) is 43.0 Å². The lowest BCUT2D eigenvalue weighted by Gasteiger charge is -2.31. The van der Waals surface area contributed by atoms with Crippen molar-refractivity contribution in [2.45, 2.75) is 32.0 Å². The van der Waals surface area contributed by atoms with Crippen molar-refractivity contribution in [1.29, 1.82) is 0 Å². The molecule has 2 heterocycles. The van der Waals surface area contributed by atoms with Gasteiger partial charge in [0.25, 0.3) is 5.91 Å². The highest BCUT2D eigenvalue weighted by atomic mass is 16.5. The fourth-order valence-electron chi connectivity index (χ4n) is 4.12. The van der Waals surface area contributed by atoms with Crippen LogP contribution >= 0.6 is 0 Å². The van der Waals surface area contributed by atoms with Crippen molar-refractivity contribution in [2.75, 3.05) is 25.1 Å². The van der Waals surface area contributed by atoms with Gasteiger partial charge in [0.05, 0.1) is 23.8 Å². The second-order valence-corrected chi connectivity index (χ2v) is 7.47. The van der Waals surface area contributed by atoms with Crippen molar-refractivity contribution in [1.82, 2.24) is 4.90 Å². The Morgan fingerprint density at radius 2 is 1.86 bits per heavy atom. The number of hydrogen-bond acceptors (Lipinski definition) is 4. The number of methoxy groups -OCH3 is 1. The SMILES string of the molecule is COC1CCN(Cc2ccc(N3Cc4cccc(C(N)=O)c4C3=O)cc2)CC1. The Balaban J connectivity index is 1.46. The maximum Gasteiger partial charge on any atom is 0.259 e. The summed E-state index contributed by atoms with van der Waals surface area (Å²) in [5.41, 5.74) is 9.06. The predicted octanol–water partition coefficient (Wildman–Crippen LogP) is 2.56. The molecule has 4 rings (SSSR count). The first kappa shape index (κ1) is 18.7. The summed E-state index contributed by atoms with van der Waals surface area (Å²) < 4.78 is 5.43. The second kappa shape index (κ2) is 7.73. The van der Waals surface area contributed by atoms with Crippen LogP contribution in [0.3, 0.4) is 0 Å². The zero-order valence-electron chi connectivity index (χ0n) is 16.1. The van der Waals surface area contributed by atoms with Gasteiger partial charge in [-0.05, 0) is 42.2 Å². The van der Waals surface area contributed by atoms with Crippen LogP contribution in [0.15, 0.2) is 42.5 Å². The Bertz CT molecular complexity index is 886. The molecule has 0 aromatic heterocycles. The quantitative estimate of drug-likeness (QED) is 0.866. The summed E-state index contributed by atoms with van der Waals surface area (Å²) in [5.74, 6) is -0.738. The predicted molar refractivity (Wildman–Crippen MR) is 107 cm³/mol. The zero-order valence-corrected chi connectivity index (χ0v) is 16.1. The van der Waals surface area contributed by atoms with Gasteiger partial charge in [-0.1, -0.05) is 24.3 Å². The van der Waals surface area contributed by atoms with Gasteiger partial charge in [0.15, 0.2) is 0 Å². The minimum absolute atomic E-state index is 0.168. The summed E-state index contributed by atoms with van der Waals surface area (Å²) >= 11 is 0. The van der Waals surface area contributed by atoms with Gasteiger partial charge < -0.3 is 15.4 Å². The van der Waals surface area contributed by atoms with E-state index in [1.165, 1.54) is 5.56 Å². The highest BCUT2D eigenvalue weighted by molar-refractivity contribution is 6.16. The molecule has 0 atom stereocenters.